The highest BCUT2D eigenvalue weighted by Gasteiger charge is 2.09. The van der Waals surface area contributed by atoms with Gasteiger partial charge in [0, 0.05) is 25.0 Å². The fourth-order valence-electron chi connectivity index (χ4n) is 2.66. The van der Waals surface area contributed by atoms with Crippen LogP contribution in [0.15, 0.2) is 42.5 Å². The molecule has 0 atom stereocenters. The first-order chi connectivity index (χ1) is 12.5. The fourth-order valence-corrected chi connectivity index (χ4v) is 2.84. The molecule has 5 nitrogen and oxygen atoms in total. The minimum absolute atomic E-state index is 0.100. The molecule has 1 heterocycles. The summed E-state index contributed by atoms with van der Waals surface area (Å²) in [5.41, 5.74) is 1.48. The Hall–Kier alpha value is -2.60. The molecule has 0 saturated carbocycles. The lowest BCUT2D eigenvalue weighted by molar-refractivity contribution is -0.121. The molecule has 2 aromatic carbocycles. The molecule has 26 heavy (non-hydrogen) atoms. The van der Waals surface area contributed by atoms with E-state index >= 15 is 0 Å². The van der Waals surface area contributed by atoms with E-state index in [2.05, 4.69) is 10.3 Å². The van der Waals surface area contributed by atoms with Gasteiger partial charge in [0.2, 0.25) is 5.91 Å². The lowest BCUT2D eigenvalue weighted by Crippen LogP contribution is -2.27. The van der Waals surface area contributed by atoms with Gasteiger partial charge in [0.25, 0.3) is 0 Å². The van der Waals surface area contributed by atoms with Crippen LogP contribution in [0.1, 0.15) is 12.2 Å². The highest BCUT2D eigenvalue weighted by molar-refractivity contribution is 6.30. The van der Waals surface area contributed by atoms with Crippen molar-refractivity contribution in [2.24, 2.45) is 7.05 Å². The molecule has 1 aromatic heterocycles. The topological polar surface area (TPSA) is 56.2 Å². The van der Waals surface area contributed by atoms with Gasteiger partial charge in [-0.15, -0.1) is 0 Å². The molecule has 0 spiro atoms. The summed E-state index contributed by atoms with van der Waals surface area (Å²) in [5.74, 6) is 1.04. The Bertz CT molecular complexity index is 926. The Morgan fingerprint density at radius 2 is 2.15 bits per heavy atom. The molecule has 3 aromatic rings. The molecule has 1 amide bonds. The van der Waals surface area contributed by atoms with Crippen LogP contribution in [0.5, 0.6) is 5.75 Å². The predicted octanol–water partition coefficient (Wildman–Crippen LogP) is 3.49. The van der Waals surface area contributed by atoms with Gasteiger partial charge < -0.3 is 14.6 Å². The lowest BCUT2D eigenvalue weighted by atomic mass is 10.3. The molecule has 0 bridgehead atoms. The number of hydrogen-bond donors (Lipinski definition) is 1. The highest BCUT2D eigenvalue weighted by Crippen LogP contribution is 2.17. The van der Waals surface area contributed by atoms with Crippen LogP contribution >= 0.6 is 11.6 Å². The van der Waals surface area contributed by atoms with Crippen molar-refractivity contribution in [3.63, 3.8) is 0 Å². The maximum Gasteiger partial charge on any atom is 0.223 e. The summed E-state index contributed by atoms with van der Waals surface area (Å²) in [7, 11) is 1.84. The van der Waals surface area contributed by atoms with Crippen molar-refractivity contribution in [2.45, 2.75) is 12.8 Å². The molecule has 0 aliphatic heterocycles. The number of amides is 1. The molecule has 136 valence electrons. The second-order valence-corrected chi connectivity index (χ2v) is 6.31. The first kappa shape index (κ1) is 18.2. The quantitative estimate of drug-likeness (QED) is 0.687. The minimum Gasteiger partial charge on any atom is -0.493 e. The smallest absolute Gasteiger partial charge is 0.223 e. The van der Waals surface area contributed by atoms with Gasteiger partial charge in [0.05, 0.1) is 24.1 Å². The zero-order valence-electron chi connectivity index (χ0n) is 14.3. The van der Waals surface area contributed by atoms with Crippen LogP contribution in [0.2, 0.25) is 5.02 Å². The van der Waals surface area contributed by atoms with Crippen molar-refractivity contribution < 1.29 is 13.9 Å². The molecule has 0 radical (unpaired) electrons. The number of rotatable bonds is 7. The van der Waals surface area contributed by atoms with Gasteiger partial charge in [-0.25, -0.2) is 9.37 Å². The van der Waals surface area contributed by atoms with Crippen LogP contribution in [-0.4, -0.2) is 28.6 Å². The van der Waals surface area contributed by atoms with Crippen molar-refractivity contribution >= 4 is 28.5 Å². The average Bonchev–Trinajstić information content (AvgIpc) is 2.91. The van der Waals surface area contributed by atoms with E-state index in [1.807, 2.05) is 11.6 Å². The third-order valence-electron chi connectivity index (χ3n) is 4.00. The molecule has 3 rings (SSSR count). The first-order valence-corrected chi connectivity index (χ1v) is 8.66. The summed E-state index contributed by atoms with van der Waals surface area (Å²) in [6.07, 6.45) is 0.813. The molecular weight excluding hydrogens is 357 g/mol. The van der Waals surface area contributed by atoms with Crippen LogP contribution in [-0.2, 0) is 18.3 Å². The number of aryl methyl sites for hydroxylation is 1. The fraction of sp³-hybridized carbons (Fsp3) is 0.263. The van der Waals surface area contributed by atoms with Crippen LogP contribution in [0.4, 0.5) is 4.39 Å². The lowest BCUT2D eigenvalue weighted by Gasteiger charge is -2.08. The number of fused-ring (bicyclic) bond motifs is 1. The van der Waals surface area contributed by atoms with Crippen molar-refractivity contribution in [3.05, 3.63) is 59.1 Å². The standard InChI is InChI=1S/C19H19ClFN3O2/c1-24-17-12-14(21)5-6-16(17)23-18(24)7-9-22-19(25)8-10-26-15-4-2-3-13(20)11-15/h2-6,11-12H,7-10H2,1H3,(H,22,25). The van der Waals surface area contributed by atoms with Gasteiger partial charge in [-0.1, -0.05) is 17.7 Å². The van der Waals surface area contributed by atoms with E-state index in [1.165, 1.54) is 12.1 Å². The van der Waals surface area contributed by atoms with Crippen LogP contribution in [0.3, 0.4) is 0 Å². The van der Waals surface area contributed by atoms with Crippen molar-refractivity contribution in [1.82, 2.24) is 14.9 Å². The third kappa shape index (κ3) is 4.52. The van der Waals surface area contributed by atoms with Gasteiger partial charge in [0.15, 0.2) is 0 Å². The van der Waals surface area contributed by atoms with Gasteiger partial charge >= 0.3 is 0 Å². The Kier molecular flexibility index (Phi) is 5.73. The first-order valence-electron chi connectivity index (χ1n) is 8.29. The Morgan fingerprint density at radius 3 is 2.96 bits per heavy atom. The number of imidazole rings is 1. The van der Waals surface area contributed by atoms with E-state index in [9.17, 15) is 9.18 Å². The maximum atomic E-state index is 13.3. The van der Waals surface area contributed by atoms with Crippen LogP contribution in [0.25, 0.3) is 11.0 Å². The third-order valence-corrected chi connectivity index (χ3v) is 4.24. The Balaban J connectivity index is 1.44. The molecule has 7 heteroatoms. The van der Waals surface area contributed by atoms with Gasteiger partial charge in [-0.2, -0.15) is 0 Å². The largest absolute Gasteiger partial charge is 0.493 e. The number of nitrogens with one attached hydrogen (secondary N) is 1. The molecule has 1 N–H and O–H groups in total. The minimum atomic E-state index is -0.292. The summed E-state index contributed by atoms with van der Waals surface area (Å²) >= 11 is 5.88. The summed E-state index contributed by atoms with van der Waals surface area (Å²) in [6, 6.07) is 11.5. The number of hydrogen-bond acceptors (Lipinski definition) is 3. The normalized spacial score (nSPS) is 10.9. The molecule has 0 aliphatic carbocycles. The molecule has 0 saturated heterocycles. The molecule has 0 fully saturated rings. The average molecular weight is 376 g/mol. The summed E-state index contributed by atoms with van der Waals surface area (Å²) in [6.45, 7) is 0.730. The van der Waals surface area contributed by atoms with Crippen LogP contribution < -0.4 is 10.1 Å². The van der Waals surface area contributed by atoms with Crippen molar-refractivity contribution in [3.8, 4) is 5.75 Å². The number of halogens is 2. The summed E-state index contributed by atoms with van der Waals surface area (Å²) < 4.78 is 20.7. The predicted molar refractivity (Wildman–Crippen MR) is 98.9 cm³/mol. The maximum absolute atomic E-state index is 13.3. The second-order valence-electron chi connectivity index (χ2n) is 5.88. The van der Waals surface area contributed by atoms with E-state index in [1.54, 1.807) is 30.3 Å². The van der Waals surface area contributed by atoms with Crippen molar-refractivity contribution in [2.75, 3.05) is 13.2 Å². The summed E-state index contributed by atoms with van der Waals surface area (Å²) in [4.78, 5) is 16.4. The zero-order valence-corrected chi connectivity index (χ0v) is 15.1. The SMILES string of the molecule is Cn1c(CCNC(=O)CCOc2cccc(Cl)c2)nc2ccc(F)cc21. The molecular formula is C19H19ClFN3O2. The zero-order chi connectivity index (χ0) is 18.5. The van der Waals surface area contributed by atoms with Crippen molar-refractivity contribution in [1.29, 1.82) is 0 Å². The van der Waals surface area contributed by atoms with E-state index in [-0.39, 0.29) is 24.8 Å². The molecule has 0 aliphatic rings. The number of nitrogens with zero attached hydrogens (tertiary/aromatic N) is 2. The van der Waals surface area contributed by atoms with E-state index in [0.717, 1.165) is 16.9 Å². The van der Waals surface area contributed by atoms with Gasteiger partial charge in [-0.3, -0.25) is 4.79 Å². The monoisotopic (exact) mass is 375 g/mol. The number of carbonyl (C=O) groups is 1. The molecule has 0 unspecified atom stereocenters. The van der Waals surface area contributed by atoms with E-state index < -0.39 is 0 Å². The number of aromatic nitrogens is 2. The summed E-state index contributed by atoms with van der Waals surface area (Å²) in [5, 5.41) is 3.43. The second kappa shape index (κ2) is 8.19. The van der Waals surface area contributed by atoms with Crippen LogP contribution in [0, 0.1) is 5.82 Å². The van der Waals surface area contributed by atoms with Gasteiger partial charge in [0.1, 0.15) is 17.4 Å². The Morgan fingerprint density at radius 1 is 1.31 bits per heavy atom. The number of ether oxygens (including phenoxy) is 1. The number of benzene rings is 2. The Labute approximate surface area is 155 Å². The number of carbonyl (C=O) groups excluding carboxylic acids is 1. The van der Waals surface area contributed by atoms with E-state index in [0.29, 0.717) is 23.7 Å². The van der Waals surface area contributed by atoms with Gasteiger partial charge in [-0.05, 0) is 36.4 Å². The highest BCUT2D eigenvalue weighted by atomic mass is 35.5. The van der Waals surface area contributed by atoms with E-state index in [4.69, 9.17) is 16.3 Å².